The second-order valence-electron chi connectivity index (χ2n) is 3.01. The van der Waals surface area contributed by atoms with Crippen molar-refractivity contribution >= 4 is 11.7 Å². The van der Waals surface area contributed by atoms with Gasteiger partial charge in [0.2, 0.25) is 6.10 Å². The number of methoxy groups -OCH3 is 1. The molecule has 17 heavy (non-hydrogen) atoms. The van der Waals surface area contributed by atoms with E-state index < -0.39 is 17.8 Å². The molecular weight excluding hydrogens is 220 g/mol. The van der Waals surface area contributed by atoms with Gasteiger partial charge in [0.1, 0.15) is 0 Å². The minimum atomic E-state index is -1.49. The van der Waals surface area contributed by atoms with Gasteiger partial charge in [-0.25, -0.2) is 4.79 Å². The Kier molecular flexibility index (Phi) is 4.64. The van der Waals surface area contributed by atoms with Gasteiger partial charge in [-0.3, -0.25) is 0 Å². The van der Waals surface area contributed by atoms with E-state index in [1.54, 1.807) is 24.3 Å². The van der Waals surface area contributed by atoms with Gasteiger partial charge in [-0.15, -0.1) is 0 Å². The average Bonchev–Trinajstić information content (AvgIpc) is 2.38. The zero-order valence-corrected chi connectivity index (χ0v) is 9.12. The lowest BCUT2D eigenvalue weighted by Gasteiger charge is -1.95. The molecule has 0 fully saturated rings. The number of benzene rings is 1. The molecule has 1 aromatic rings. The minimum absolute atomic E-state index is 0.545. The topological polar surface area (TPSA) is 82.9 Å². The summed E-state index contributed by atoms with van der Waals surface area (Å²) in [5, 5.41) is 9.51. The molecule has 5 nitrogen and oxygen atoms in total. The Morgan fingerprint density at radius 3 is 2.65 bits per heavy atom. The van der Waals surface area contributed by atoms with Crippen molar-refractivity contribution in [3.05, 3.63) is 41.4 Å². The number of nitrogens with zero attached hydrogens (tertiary/aromatic N) is 2. The Balaban J connectivity index is 2.86. The predicted octanol–water partition coefficient (Wildman–Crippen LogP) is 0.243. The van der Waals surface area contributed by atoms with E-state index in [4.69, 9.17) is 5.53 Å². The van der Waals surface area contributed by atoms with E-state index in [1.807, 2.05) is 6.07 Å². The monoisotopic (exact) mass is 230 g/mol. The number of aliphatic hydroxyl groups excluding tert-OH is 1. The van der Waals surface area contributed by atoms with Crippen molar-refractivity contribution in [2.75, 3.05) is 7.11 Å². The number of carbonyl (C=O) groups is 1. The summed E-state index contributed by atoms with van der Waals surface area (Å²) in [6.07, 6.45) is -1.49. The minimum Gasteiger partial charge on any atom is -0.460 e. The number of esters is 1. The third-order valence-corrected chi connectivity index (χ3v) is 1.89. The molecule has 0 bridgehead atoms. The summed E-state index contributed by atoms with van der Waals surface area (Å²) in [7, 11) is 1.12. The highest BCUT2D eigenvalue weighted by Gasteiger charge is 2.29. The summed E-state index contributed by atoms with van der Waals surface area (Å²) >= 11 is 0. The Hall–Kier alpha value is -2.41. The van der Waals surface area contributed by atoms with Gasteiger partial charge in [0.05, 0.1) is 7.11 Å². The Bertz CT molecular complexity index is 508. The lowest BCUT2D eigenvalue weighted by molar-refractivity contribution is -0.138. The quantitative estimate of drug-likeness (QED) is 0.260. The molecule has 0 saturated heterocycles. The van der Waals surface area contributed by atoms with Crippen molar-refractivity contribution in [1.29, 1.82) is 0 Å². The molecule has 0 aromatic heterocycles. The summed E-state index contributed by atoms with van der Waals surface area (Å²) in [5.41, 5.74) is 8.68. The van der Waals surface area contributed by atoms with E-state index in [0.29, 0.717) is 5.56 Å². The largest absolute Gasteiger partial charge is 0.460 e. The van der Waals surface area contributed by atoms with Crippen LogP contribution in [-0.2, 0) is 9.53 Å². The van der Waals surface area contributed by atoms with Gasteiger partial charge in [0.15, 0.2) is 0 Å². The average molecular weight is 230 g/mol. The third kappa shape index (κ3) is 3.58. The number of aliphatic hydroxyl groups is 1. The summed E-state index contributed by atoms with van der Waals surface area (Å²) in [5.74, 6) is 4.09. The molecule has 0 aliphatic heterocycles. The number of hydrogen-bond acceptors (Lipinski definition) is 3. The van der Waals surface area contributed by atoms with E-state index in [1.165, 1.54) is 0 Å². The molecule has 0 amide bonds. The van der Waals surface area contributed by atoms with Crippen molar-refractivity contribution in [3.63, 3.8) is 0 Å². The number of hydrogen-bond donors (Lipinski definition) is 1. The summed E-state index contributed by atoms with van der Waals surface area (Å²) in [6, 6.07) is 8.90. The number of carbonyl (C=O) groups excluding carboxylic acids is 1. The van der Waals surface area contributed by atoms with Crippen LogP contribution >= 0.6 is 0 Å². The van der Waals surface area contributed by atoms with E-state index in [9.17, 15) is 9.90 Å². The first-order valence-electron chi connectivity index (χ1n) is 4.74. The van der Waals surface area contributed by atoms with Crippen LogP contribution in [0.1, 0.15) is 5.56 Å². The standard InChI is InChI=1S/C12H10N2O3/c1-17-12(16)11(14-13)10(15)8-7-9-5-3-2-4-6-9/h2-6,10,15H,1H3/t10-/m0/s1. The Morgan fingerprint density at radius 1 is 1.47 bits per heavy atom. The van der Waals surface area contributed by atoms with Gasteiger partial charge >= 0.3 is 11.7 Å². The Morgan fingerprint density at radius 2 is 2.12 bits per heavy atom. The lowest BCUT2D eigenvalue weighted by Crippen LogP contribution is -2.29. The normalized spacial score (nSPS) is 10.5. The van der Waals surface area contributed by atoms with Crippen LogP contribution in [0.5, 0.6) is 0 Å². The van der Waals surface area contributed by atoms with Gasteiger partial charge < -0.3 is 15.4 Å². The second kappa shape index (κ2) is 6.23. The van der Waals surface area contributed by atoms with Crippen LogP contribution in [0.3, 0.4) is 0 Å². The van der Waals surface area contributed by atoms with Crippen LogP contribution in [0.2, 0.25) is 0 Å². The van der Waals surface area contributed by atoms with Crippen molar-refractivity contribution in [3.8, 4) is 11.8 Å². The molecular formula is C12H10N2O3. The van der Waals surface area contributed by atoms with Crippen LogP contribution in [0, 0.1) is 11.8 Å². The first-order chi connectivity index (χ1) is 8.19. The maximum absolute atomic E-state index is 11.1. The van der Waals surface area contributed by atoms with Crippen molar-refractivity contribution in [2.45, 2.75) is 6.10 Å². The van der Waals surface area contributed by atoms with Crippen molar-refractivity contribution < 1.29 is 19.4 Å². The second-order valence-corrected chi connectivity index (χ2v) is 3.01. The summed E-state index contributed by atoms with van der Waals surface area (Å²) < 4.78 is 4.32. The zero-order chi connectivity index (χ0) is 12.7. The fraction of sp³-hybridized carbons (Fsp3) is 0.167. The van der Waals surface area contributed by atoms with Crippen LogP contribution in [-0.4, -0.2) is 34.8 Å². The Labute approximate surface area is 98.3 Å². The van der Waals surface area contributed by atoms with E-state index in [2.05, 4.69) is 21.4 Å². The molecule has 0 heterocycles. The smallest absolute Gasteiger partial charge is 0.420 e. The molecule has 1 aromatic carbocycles. The van der Waals surface area contributed by atoms with E-state index in [-0.39, 0.29) is 0 Å². The molecule has 5 heteroatoms. The molecule has 0 aliphatic carbocycles. The fourth-order valence-corrected chi connectivity index (χ4v) is 1.05. The molecule has 1 N–H and O–H groups in total. The fourth-order valence-electron chi connectivity index (χ4n) is 1.05. The predicted molar refractivity (Wildman–Crippen MR) is 60.0 cm³/mol. The maximum Gasteiger partial charge on any atom is 0.420 e. The molecule has 86 valence electrons. The number of rotatable bonds is 2. The summed E-state index contributed by atoms with van der Waals surface area (Å²) in [4.78, 5) is 13.7. The highest BCUT2D eigenvalue weighted by atomic mass is 16.5. The first kappa shape index (κ1) is 12.7. The molecule has 0 unspecified atom stereocenters. The van der Waals surface area contributed by atoms with Crippen molar-refractivity contribution in [2.24, 2.45) is 0 Å². The molecule has 0 saturated carbocycles. The van der Waals surface area contributed by atoms with Gasteiger partial charge in [0.25, 0.3) is 0 Å². The number of ether oxygens (including phenoxy) is 1. The summed E-state index contributed by atoms with van der Waals surface area (Å²) in [6.45, 7) is 0. The lowest BCUT2D eigenvalue weighted by atomic mass is 10.2. The molecule has 1 atom stereocenters. The molecule has 0 radical (unpaired) electrons. The third-order valence-electron chi connectivity index (χ3n) is 1.89. The van der Waals surface area contributed by atoms with E-state index >= 15 is 0 Å². The molecule has 1 rings (SSSR count). The van der Waals surface area contributed by atoms with Crippen LogP contribution in [0.4, 0.5) is 0 Å². The van der Waals surface area contributed by atoms with Crippen LogP contribution < -0.4 is 0 Å². The highest BCUT2D eigenvalue weighted by molar-refractivity contribution is 6.36. The van der Waals surface area contributed by atoms with Crippen LogP contribution in [0.15, 0.2) is 30.3 Å². The maximum atomic E-state index is 11.1. The molecule has 0 spiro atoms. The van der Waals surface area contributed by atoms with Gasteiger partial charge in [-0.05, 0) is 12.1 Å². The molecule has 0 aliphatic rings. The van der Waals surface area contributed by atoms with Gasteiger partial charge in [-0.1, -0.05) is 30.0 Å². The van der Waals surface area contributed by atoms with E-state index in [0.717, 1.165) is 7.11 Å². The highest BCUT2D eigenvalue weighted by Crippen LogP contribution is 1.96. The zero-order valence-electron chi connectivity index (χ0n) is 9.12. The van der Waals surface area contributed by atoms with Gasteiger partial charge in [-0.2, -0.15) is 4.79 Å². The van der Waals surface area contributed by atoms with Crippen molar-refractivity contribution in [1.82, 2.24) is 0 Å². The SMILES string of the molecule is COC(=O)C(=[N+]=[N-])[C@@H](O)C#Cc1ccccc1. The van der Waals surface area contributed by atoms with Gasteiger partial charge in [0, 0.05) is 5.56 Å². The van der Waals surface area contributed by atoms with Crippen LogP contribution in [0.25, 0.3) is 5.53 Å². The first-order valence-corrected chi connectivity index (χ1v) is 4.74.